The van der Waals surface area contributed by atoms with Gasteiger partial charge in [0, 0.05) is 13.1 Å². The summed E-state index contributed by atoms with van der Waals surface area (Å²) in [5.74, 6) is 0.477. The fourth-order valence-corrected chi connectivity index (χ4v) is 1.31. The molecule has 2 atom stereocenters. The van der Waals surface area contributed by atoms with Crippen LogP contribution < -0.4 is 0 Å². The smallest absolute Gasteiger partial charge is 0.0704 e. The summed E-state index contributed by atoms with van der Waals surface area (Å²) >= 11 is 0. The lowest BCUT2D eigenvalue weighted by molar-refractivity contribution is 0.149. The highest BCUT2D eigenvalue weighted by molar-refractivity contribution is 4.79. The van der Waals surface area contributed by atoms with Crippen LogP contribution in [0.15, 0.2) is 0 Å². The van der Waals surface area contributed by atoms with Gasteiger partial charge in [0.2, 0.25) is 0 Å². The van der Waals surface area contributed by atoms with Gasteiger partial charge in [-0.15, -0.1) is 0 Å². The largest absolute Gasteiger partial charge is 0.391 e. The van der Waals surface area contributed by atoms with E-state index in [-0.39, 0.29) is 6.10 Å². The Morgan fingerprint density at radius 1 is 1.56 bits per heavy atom. The molecule has 0 radical (unpaired) electrons. The first-order valence-corrected chi connectivity index (χ1v) is 3.64. The van der Waals surface area contributed by atoms with Gasteiger partial charge in [0.15, 0.2) is 0 Å². The van der Waals surface area contributed by atoms with Gasteiger partial charge < -0.3 is 10.0 Å². The van der Waals surface area contributed by atoms with E-state index in [1.54, 1.807) is 0 Å². The summed E-state index contributed by atoms with van der Waals surface area (Å²) in [4.78, 5) is 2.27. The number of nitrogens with zero attached hydrogens (tertiary/aromatic N) is 1. The predicted octanol–water partition coefficient (Wildman–Crippen LogP) is 0.319. The first kappa shape index (κ1) is 7.03. The SMILES string of the molecule is CCN1CC(C)C(O)C1. The van der Waals surface area contributed by atoms with Crippen LogP contribution >= 0.6 is 0 Å². The Balaban J connectivity index is 2.35. The molecule has 1 N–H and O–H groups in total. The zero-order valence-corrected chi connectivity index (χ0v) is 6.17. The molecular formula is C7H15NO. The van der Waals surface area contributed by atoms with Crippen LogP contribution in [-0.2, 0) is 0 Å². The van der Waals surface area contributed by atoms with E-state index >= 15 is 0 Å². The van der Waals surface area contributed by atoms with Gasteiger partial charge in [0.1, 0.15) is 0 Å². The number of aliphatic hydroxyl groups excluding tert-OH is 1. The minimum atomic E-state index is -0.0788. The van der Waals surface area contributed by atoms with E-state index in [1.807, 2.05) is 0 Å². The Morgan fingerprint density at radius 2 is 2.22 bits per heavy atom. The molecule has 1 aliphatic heterocycles. The molecule has 1 saturated heterocycles. The summed E-state index contributed by atoms with van der Waals surface area (Å²) in [6, 6.07) is 0. The minimum Gasteiger partial charge on any atom is -0.391 e. The number of hydrogen-bond acceptors (Lipinski definition) is 2. The third-order valence-corrected chi connectivity index (χ3v) is 2.10. The average Bonchev–Trinajstić information content (AvgIpc) is 2.13. The van der Waals surface area contributed by atoms with Gasteiger partial charge in [-0.3, -0.25) is 0 Å². The Labute approximate surface area is 56.5 Å². The second-order valence-electron chi connectivity index (χ2n) is 2.90. The van der Waals surface area contributed by atoms with Crippen LogP contribution in [0.1, 0.15) is 13.8 Å². The lowest BCUT2D eigenvalue weighted by atomic mass is 10.1. The van der Waals surface area contributed by atoms with Gasteiger partial charge in [-0.2, -0.15) is 0 Å². The van der Waals surface area contributed by atoms with Crippen molar-refractivity contribution in [3.63, 3.8) is 0 Å². The van der Waals surface area contributed by atoms with Crippen molar-refractivity contribution in [2.45, 2.75) is 20.0 Å². The molecule has 0 amide bonds. The van der Waals surface area contributed by atoms with Crippen LogP contribution in [0.25, 0.3) is 0 Å². The highest BCUT2D eigenvalue weighted by Crippen LogP contribution is 2.14. The predicted molar refractivity (Wildman–Crippen MR) is 37.3 cm³/mol. The van der Waals surface area contributed by atoms with Crippen molar-refractivity contribution < 1.29 is 5.11 Å². The fraction of sp³-hybridized carbons (Fsp3) is 1.00. The molecule has 0 spiro atoms. The molecule has 0 saturated carbocycles. The lowest BCUT2D eigenvalue weighted by Gasteiger charge is -2.09. The first-order valence-electron chi connectivity index (χ1n) is 3.64. The topological polar surface area (TPSA) is 23.5 Å². The molecule has 1 heterocycles. The molecule has 9 heavy (non-hydrogen) atoms. The van der Waals surface area contributed by atoms with E-state index in [2.05, 4.69) is 18.7 Å². The summed E-state index contributed by atoms with van der Waals surface area (Å²) in [6.07, 6.45) is -0.0788. The number of likely N-dealkylation sites (N-methyl/N-ethyl adjacent to an activating group) is 1. The van der Waals surface area contributed by atoms with Crippen LogP contribution in [-0.4, -0.2) is 35.7 Å². The van der Waals surface area contributed by atoms with Gasteiger partial charge in [-0.05, 0) is 12.5 Å². The van der Waals surface area contributed by atoms with E-state index in [0.29, 0.717) is 5.92 Å². The zero-order chi connectivity index (χ0) is 6.85. The van der Waals surface area contributed by atoms with Crippen LogP contribution in [0.5, 0.6) is 0 Å². The second-order valence-corrected chi connectivity index (χ2v) is 2.90. The molecule has 1 fully saturated rings. The Kier molecular flexibility index (Phi) is 2.09. The standard InChI is InChI=1S/C7H15NO/c1-3-8-4-6(2)7(9)5-8/h6-7,9H,3-5H2,1-2H3. The average molecular weight is 129 g/mol. The van der Waals surface area contributed by atoms with E-state index in [9.17, 15) is 5.11 Å². The number of likely N-dealkylation sites (tertiary alicyclic amines) is 1. The van der Waals surface area contributed by atoms with Gasteiger partial charge in [-0.25, -0.2) is 0 Å². The number of hydrogen-bond donors (Lipinski definition) is 1. The summed E-state index contributed by atoms with van der Waals surface area (Å²) in [5.41, 5.74) is 0. The molecule has 0 aliphatic carbocycles. The number of β-amino-alcohol motifs (C(OH)–C–C–N with tert-alkyl or cyclic N) is 1. The third-order valence-electron chi connectivity index (χ3n) is 2.10. The van der Waals surface area contributed by atoms with Crippen molar-refractivity contribution in [2.75, 3.05) is 19.6 Å². The van der Waals surface area contributed by atoms with Crippen LogP contribution in [0, 0.1) is 5.92 Å². The summed E-state index contributed by atoms with van der Waals surface area (Å²) in [6.45, 7) is 7.24. The lowest BCUT2D eigenvalue weighted by Crippen LogP contribution is -2.21. The molecular weight excluding hydrogens is 114 g/mol. The van der Waals surface area contributed by atoms with E-state index in [4.69, 9.17) is 0 Å². The number of rotatable bonds is 1. The van der Waals surface area contributed by atoms with Crippen LogP contribution in [0.2, 0.25) is 0 Å². The quantitative estimate of drug-likeness (QED) is 0.551. The van der Waals surface area contributed by atoms with E-state index < -0.39 is 0 Å². The van der Waals surface area contributed by atoms with Gasteiger partial charge in [0.05, 0.1) is 6.10 Å². The molecule has 2 unspecified atom stereocenters. The van der Waals surface area contributed by atoms with E-state index in [1.165, 1.54) is 0 Å². The second kappa shape index (κ2) is 2.67. The number of aliphatic hydroxyl groups is 1. The highest BCUT2D eigenvalue weighted by Gasteiger charge is 2.25. The van der Waals surface area contributed by atoms with Crippen molar-refractivity contribution >= 4 is 0 Å². The third kappa shape index (κ3) is 1.43. The summed E-state index contributed by atoms with van der Waals surface area (Å²) in [7, 11) is 0. The monoisotopic (exact) mass is 129 g/mol. The van der Waals surface area contributed by atoms with Crippen molar-refractivity contribution in [3.8, 4) is 0 Å². The first-order chi connectivity index (χ1) is 4.24. The molecule has 2 heteroatoms. The molecule has 0 aromatic carbocycles. The summed E-state index contributed by atoms with van der Waals surface area (Å²) < 4.78 is 0. The molecule has 0 aromatic heterocycles. The molecule has 1 rings (SSSR count). The molecule has 0 aromatic rings. The van der Waals surface area contributed by atoms with Crippen molar-refractivity contribution in [1.29, 1.82) is 0 Å². The van der Waals surface area contributed by atoms with Crippen molar-refractivity contribution in [2.24, 2.45) is 5.92 Å². The fourth-order valence-electron chi connectivity index (χ4n) is 1.31. The van der Waals surface area contributed by atoms with Crippen LogP contribution in [0.4, 0.5) is 0 Å². The summed E-state index contributed by atoms with van der Waals surface area (Å²) in [5, 5.41) is 9.26. The Morgan fingerprint density at radius 3 is 2.44 bits per heavy atom. The van der Waals surface area contributed by atoms with Gasteiger partial charge >= 0.3 is 0 Å². The van der Waals surface area contributed by atoms with E-state index in [0.717, 1.165) is 19.6 Å². The zero-order valence-electron chi connectivity index (χ0n) is 6.17. The maximum absolute atomic E-state index is 9.26. The Bertz CT molecular complexity index is 84.9. The molecule has 2 nitrogen and oxygen atoms in total. The van der Waals surface area contributed by atoms with Crippen molar-refractivity contribution in [3.05, 3.63) is 0 Å². The molecule has 0 bridgehead atoms. The highest BCUT2D eigenvalue weighted by atomic mass is 16.3. The maximum Gasteiger partial charge on any atom is 0.0704 e. The molecule has 1 aliphatic rings. The van der Waals surface area contributed by atoms with Crippen molar-refractivity contribution in [1.82, 2.24) is 4.90 Å². The van der Waals surface area contributed by atoms with Crippen LogP contribution in [0.3, 0.4) is 0 Å². The van der Waals surface area contributed by atoms with Gasteiger partial charge in [-0.1, -0.05) is 13.8 Å². The normalized spacial score (nSPS) is 37.7. The van der Waals surface area contributed by atoms with Gasteiger partial charge in [0.25, 0.3) is 0 Å². The Hall–Kier alpha value is -0.0800. The minimum absolute atomic E-state index is 0.0788. The maximum atomic E-state index is 9.26. The molecule has 54 valence electrons.